The molecular weight excluding hydrogens is 308 g/mol. The molecule has 3 rings (SSSR count). The lowest BCUT2D eigenvalue weighted by Gasteiger charge is -2.36. The number of carbonyl (C=O) groups excluding carboxylic acids is 1. The van der Waals surface area contributed by atoms with Gasteiger partial charge >= 0.3 is 0 Å². The lowest BCUT2D eigenvalue weighted by atomic mass is 9.99. The summed E-state index contributed by atoms with van der Waals surface area (Å²) < 4.78 is 5.16. The van der Waals surface area contributed by atoms with E-state index in [-0.39, 0.29) is 5.91 Å². The summed E-state index contributed by atoms with van der Waals surface area (Å²) in [6.07, 6.45) is 7.36. The predicted octanol–water partition coefficient (Wildman–Crippen LogP) is 3.38. The highest BCUT2D eigenvalue weighted by Gasteiger charge is 2.28. The summed E-state index contributed by atoms with van der Waals surface area (Å²) in [6.45, 7) is 5.14. The number of rotatable bonds is 6. The number of hydrogen-bond acceptors (Lipinski definition) is 4. The first-order valence-electron chi connectivity index (χ1n) is 8.89. The summed E-state index contributed by atoms with van der Waals surface area (Å²) in [5.41, 5.74) is 0. The summed E-state index contributed by atoms with van der Waals surface area (Å²) in [5, 5.41) is 0. The second kappa shape index (κ2) is 8.27. The normalized spacial score (nSPS) is 22.7. The molecule has 0 spiro atoms. The zero-order chi connectivity index (χ0) is 16.1. The van der Waals surface area contributed by atoms with Gasteiger partial charge in [0.25, 0.3) is 5.91 Å². The molecule has 5 heteroatoms. The van der Waals surface area contributed by atoms with E-state index in [9.17, 15) is 4.79 Å². The van der Waals surface area contributed by atoms with Crippen molar-refractivity contribution in [2.45, 2.75) is 51.2 Å². The average Bonchev–Trinajstić information content (AvgIpc) is 3.25. The van der Waals surface area contributed by atoms with Gasteiger partial charge in [-0.2, -0.15) is 0 Å². The largest absolute Gasteiger partial charge is 0.379 e. The van der Waals surface area contributed by atoms with Crippen LogP contribution >= 0.6 is 11.3 Å². The van der Waals surface area contributed by atoms with Crippen LogP contribution in [0.4, 0.5) is 0 Å². The maximum absolute atomic E-state index is 12.9. The van der Waals surface area contributed by atoms with Crippen LogP contribution in [0.25, 0.3) is 0 Å². The second-order valence-corrected chi connectivity index (χ2v) is 7.85. The van der Waals surface area contributed by atoms with E-state index in [0.717, 1.165) is 42.1 Å². The number of carbonyl (C=O) groups is 1. The van der Waals surface area contributed by atoms with E-state index in [2.05, 4.69) is 9.80 Å². The van der Waals surface area contributed by atoms with Crippen molar-refractivity contribution in [3.8, 4) is 0 Å². The van der Waals surface area contributed by atoms with Gasteiger partial charge in [-0.15, -0.1) is 11.3 Å². The van der Waals surface area contributed by atoms with Crippen molar-refractivity contribution in [2.75, 3.05) is 33.3 Å². The van der Waals surface area contributed by atoms with Gasteiger partial charge in [-0.25, -0.2) is 0 Å². The number of thiophene rings is 1. The van der Waals surface area contributed by atoms with Gasteiger partial charge in [-0.1, -0.05) is 0 Å². The van der Waals surface area contributed by atoms with Gasteiger partial charge in [0.05, 0.1) is 11.5 Å². The number of piperidine rings is 1. The molecule has 1 aromatic rings. The van der Waals surface area contributed by atoms with E-state index in [1.54, 1.807) is 18.4 Å². The third-order valence-corrected chi connectivity index (χ3v) is 6.07. The zero-order valence-corrected chi connectivity index (χ0v) is 14.9. The lowest BCUT2D eigenvalue weighted by Crippen LogP contribution is -2.44. The maximum Gasteiger partial charge on any atom is 0.264 e. The van der Waals surface area contributed by atoms with Crippen LogP contribution in [-0.2, 0) is 11.3 Å². The minimum Gasteiger partial charge on any atom is -0.379 e. The fraction of sp³-hybridized carbons (Fsp3) is 0.722. The summed E-state index contributed by atoms with van der Waals surface area (Å²) >= 11 is 1.58. The highest BCUT2D eigenvalue weighted by atomic mass is 32.1. The minimum atomic E-state index is 0.225. The van der Waals surface area contributed by atoms with Crippen molar-refractivity contribution >= 4 is 17.2 Å². The van der Waals surface area contributed by atoms with Crippen molar-refractivity contribution in [1.29, 1.82) is 0 Å². The van der Waals surface area contributed by atoms with E-state index in [4.69, 9.17) is 4.74 Å². The van der Waals surface area contributed by atoms with E-state index in [1.165, 1.54) is 32.4 Å². The average molecular weight is 337 g/mol. The van der Waals surface area contributed by atoms with Crippen molar-refractivity contribution in [2.24, 2.45) is 0 Å². The Hall–Kier alpha value is -0.910. The van der Waals surface area contributed by atoms with Gasteiger partial charge < -0.3 is 14.5 Å². The first-order valence-corrected chi connectivity index (χ1v) is 9.70. The van der Waals surface area contributed by atoms with E-state index < -0.39 is 0 Å². The van der Waals surface area contributed by atoms with Crippen LogP contribution in [0.5, 0.6) is 0 Å². The molecule has 2 fully saturated rings. The molecule has 2 aliphatic heterocycles. The first kappa shape index (κ1) is 16.9. The highest BCUT2D eigenvalue weighted by Crippen LogP contribution is 2.26. The Morgan fingerprint density at radius 1 is 1.22 bits per heavy atom. The molecule has 128 valence electrons. The number of methoxy groups -OCH3 is 1. The summed E-state index contributed by atoms with van der Waals surface area (Å²) in [7, 11) is 1.69. The number of hydrogen-bond donors (Lipinski definition) is 0. The number of amides is 1. The molecule has 0 aromatic carbocycles. The fourth-order valence-electron chi connectivity index (χ4n) is 3.76. The van der Waals surface area contributed by atoms with Gasteiger partial charge in [-0.05, 0) is 63.7 Å². The molecule has 0 saturated carbocycles. The molecule has 3 heterocycles. The minimum absolute atomic E-state index is 0.225. The molecule has 2 saturated heterocycles. The van der Waals surface area contributed by atoms with E-state index in [0.29, 0.717) is 12.6 Å². The molecule has 23 heavy (non-hydrogen) atoms. The SMILES string of the molecule is COCc1ccc(C(=O)N2CCCCC2CCN2CCCC2)s1. The van der Waals surface area contributed by atoms with Crippen molar-refractivity contribution in [1.82, 2.24) is 9.80 Å². The Labute approximate surface area is 143 Å². The first-order chi connectivity index (χ1) is 11.3. The third kappa shape index (κ3) is 4.34. The van der Waals surface area contributed by atoms with Crippen LogP contribution in [0.1, 0.15) is 53.1 Å². The van der Waals surface area contributed by atoms with Gasteiger partial charge in [-0.3, -0.25) is 4.79 Å². The van der Waals surface area contributed by atoms with Gasteiger partial charge in [0.1, 0.15) is 0 Å². The monoisotopic (exact) mass is 336 g/mol. The molecular formula is C18H28N2O2S. The summed E-state index contributed by atoms with van der Waals surface area (Å²) in [6, 6.07) is 4.41. The van der Waals surface area contributed by atoms with Crippen molar-refractivity contribution < 1.29 is 9.53 Å². The summed E-state index contributed by atoms with van der Waals surface area (Å²) in [4.78, 5) is 19.6. The van der Waals surface area contributed by atoms with E-state index >= 15 is 0 Å². The molecule has 1 amide bonds. The number of nitrogens with zero attached hydrogens (tertiary/aromatic N) is 2. The quantitative estimate of drug-likeness (QED) is 0.798. The molecule has 0 N–H and O–H groups in total. The van der Waals surface area contributed by atoms with Crippen LogP contribution < -0.4 is 0 Å². The topological polar surface area (TPSA) is 32.8 Å². The molecule has 1 atom stereocenters. The van der Waals surface area contributed by atoms with Gasteiger partial charge in [0.15, 0.2) is 0 Å². The number of ether oxygens (including phenoxy) is 1. The molecule has 4 nitrogen and oxygen atoms in total. The summed E-state index contributed by atoms with van der Waals surface area (Å²) in [5.74, 6) is 0.225. The van der Waals surface area contributed by atoms with Crippen molar-refractivity contribution in [3.05, 3.63) is 21.9 Å². The standard InChI is InChI=1S/C18H28N2O2S/c1-22-14-16-7-8-17(23-16)18(21)20-12-3-2-6-15(20)9-13-19-10-4-5-11-19/h7-8,15H,2-6,9-14H2,1H3. The van der Waals surface area contributed by atoms with Gasteiger partial charge in [0, 0.05) is 31.1 Å². The molecule has 0 radical (unpaired) electrons. The van der Waals surface area contributed by atoms with Gasteiger partial charge in [0.2, 0.25) is 0 Å². The maximum atomic E-state index is 12.9. The second-order valence-electron chi connectivity index (χ2n) is 6.68. The Kier molecular flexibility index (Phi) is 6.08. The predicted molar refractivity (Wildman–Crippen MR) is 94.0 cm³/mol. The van der Waals surface area contributed by atoms with Crippen molar-refractivity contribution in [3.63, 3.8) is 0 Å². The Bertz CT molecular complexity index is 511. The highest BCUT2D eigenvalue weighted by molar-refractivity contribution is 7.14. The Morgan fingerprint density at radius 2 is 2.00 bits per heavy atom. The van der Waals surface area contributed by atoms with Crippen LogP contribution in [0.2, 0.25) is 0 Å². The van der Waals surface area contributed by atoms with Crippen LogP contribution in [0.15, 0.2) is 12.1 Å². The molecule has 1 aromatic heterocycles. The fourth-order valence-corrected chi connectivity index (χ4v) is 4.70. The Morgan fingerprint density at radius 3 is 2.78 bits per heavy atom. The molecule has 2 aliphatic rings. The number of likely N-dealkylation sites (tertiary alicyclic amines) is 2. The lowest BCUT2D eigenvalue weighted by molar-refractivity contribution is 0.0593. The molecule has 0 aliphatic carbocycles. The zero-order valence-electron chi connectivity index (χ0n) is 14.1. The molecule has 0 bridgehead atoms. The van der Waals surface area contributed by atoms with E-state index in [1.807, 2.05) is 12.1 Å². The Balaban J connectivity index is 1.60. The van der Waals surface area contributed by atoms with Crippen LogP contribution in [-0.4, -0.2) is 55.0 Å². The smallest absolute Gasteiger partial charge is 0.264 e. The third-order valence-electron chi connectivity index (χ3n) is 5.02. The molecule has 1 unspecified atom stereocenters. The van der Waals surface area contributed by atoms with Crippen LogP contribution in [0, 0.1) is 0 Å². The van der Waals surface area contributed by atoms with Crippen LogP contribution in [0.3, 0.4) is 0 Å².